The second-order valence-electron chi connectivity index (χ2n) is 7.32. The van der Waals surface area contributed by atoms with E-state index in [4.69, 9.17) is 11.6 Å². The molecule has 0 saturated heterocycles. The predicted molar refractivity (Wildman–Crippen MR) is 104 cm³/mol. The van der Waals surface area contributed by atoms with Crippen molar-refractivity contribution in [3.8, 4) is 0 Å². The maximum atomic E-state index is 14.4. The Bertz CT molecular complexity index is 950. The zero-order valence-electron chi connectivity index (χ0n) is 16.1. The number of pyridine rings is 1. The zero-order valence-corrected chi connectivity index (χ0v) is 16.9. The molecule has 0 saturated carbocycles. The second-order valence-corrected chi connectivity index (χ2v) is 7.70. The average molecular weight is 408 g/mol. The molecule has 148 valence electrons. The van der Waals surface area contributed by atoms with Crippen molar-refractivity contribution in [1.29, 1.82) is 0 Å². The third-order valence-corrected chi connectivity index (χ3v) is 4.54. The number of nitrogens with zero attached hydrogens (tertiary/aromatic N) is 1. The van der Waals surface area contributed by atoms with Gasteiger partial charge in [-0.15, -0.1) is 0 Å². The number of aromatic nitrogens is 1. The van der Waals surface area contributed by atoms with Crippen molar-refractivity contribution in [2.24, 2.45) is 5.41 Å². The zero-order chi connectivity index (χ0) is 21.1. The number of carbonyl (C=O) groups excluding carboxylic acids is 2. The van der Waals surface area contributed by atoms with E-state index in [0.717, 1.165) is 6.07 Å². The predicted octanol–water partition coefficient (Wildman–Crippen LogP) is 3.70. The lowest BCUT2D eigenvalue weighted by molar-refractivity contribution is -0.682. The number of ketones is 1. The van der Waals surface area contributed by atoms with Gasteiger partial charge in [0.25, 0.3) is 5.15 Å². The third-order valence-electron chi connectivity index (χ3n) is 4.19. The van der Waals surface area contributed by atoms with E-state index >= 15 is 0 Å². The van der Waals surface area contributed by atoms with Crippen molar-refractivity contribution in [3.05, 3.63) is 70.5 Å². The van der Waals surface area contributed by atoms with E-state index in [9.17, 15) is 18.4 Å². The minimum atomic E-state index is -1.06. The van der Waals surface area contributed by atoms with E-state index < -0.39 is 23.0 Å². The summed E-state index contributed by atoms with van der Waals surface area (Å²) < 4.78 is 29.7. The number of nitrogens with one attached hydrogen (secondary N) is 1. The monoisotopic (exact) mass is 407 g/mol. The van der Waals surface area contributed by atoms with Gasteiger partial charge in [0.15, 0.2) is 17.8 Å². The van der Waals surface area contributed by atoms with Gasteiger partial charge in [-0.25, -0.2) is 8.78 Å². The fourth-order valence-corrected chi connectivity index (χ4v) is 2.60. The lowest BCUT2D eigenvalue weighted by Crippen LogP contribution is -2.43. The van der Waals surface area contributed by atoms with Crippen molar-refractivity contribution in [2.45, 2.75) is 27.3 Å². The lowest BCUT2D eigenvalue weighted by atomic mass is 9.90. The number of hydrogen-bond donors (Lipinski definition) is 1. The van der Waals surface area contributed by atoms with E-state index in [-0.39, 0.29) is 23.5 Å². The number of rotatable bonds is 5. The minimum Gasteiger partial charge on any atom is -0.356 e. The van der Waals surface area contributed by atoms with Gasteiger partial charge in [0.05, 0.1) is 0 Å². The van der Waals surface area contributed by atoms with Gasteiger partial charge in [0.1, 0.15) is 0 Å². The standard InChI is InChI=1S/C21H21ClF2N2O2/c1-21(2,3)17(27)12-26-11-13(8-9-18(26)22)15(10-19(28)25-4)14-6-5-7-16(23)20(14)24/h5-11H,12H2,1-4H3/p+1/b15-10+. The number of Topliss-reactive ketones (excluding diaryl/α,β-unsaturated/α-hetero) is 1. The van der Waals surface area contributed by atoms with Crippen LogP contribution >= 0.6 is 11.6 Å². The summed E-state index contributed by atoms with van der Waals surface area (Å²) in [5, 5.41) is 2.73. The Balaban J connectivity index is 2.60. The van der Waals surface area contributed by atoms with Crippen LogP contribution in [0.5, 0.6) is 0 Å². The van der Waals surface area contributed by atoms with Crippen LogP contribution in [0, 0.1) is 17.0 Å². The van der Waals surface area contributed by atoms with Crippen LogP contribution in [-0.4, -0.2) is 18.7 Å². The number of carbonyl (C=O) groups is 2. The van der Waals surface area contributed by atoms with E-state index in [1.807, 2.05) is 0 Å². The molecule has 0 spiro atoms. The molecule has 0 unspecified atom stereocenters. The van der Waals surface area contributed by atoms with E-state index in [1.165, 1.54) is 29.8 Å². The molecule has 1 amide bonds. The third kappa shape index (κ3) is 5.01. The van der Waals surface area contributed by atoms with Gasteiger partial charge in [0, 0.05) is 41.3 Å². The molecule has 0 bridgehead atoms. The maximum absolute atomic E-state index is 14.4. The molecule has 1 heterocycles. The molecular formula is C21H22ClF2N2O2+. The van der Waals surface area contributed by atoms with Crippen LogP contribution in [0.2, 0.25) is 5.15 Å². The maximum Gasteiger partial charge on any atom is 0.275 e. The first-order chi connectivity index (χ1) is 13.0. The molecule has 0 aliphatic heterocycles. The minimum absolute atomic E-state index is 0.00899. The number of hydrogen-bond acceptors (Lipinski definition) is 2. The molecule has 2 aromatic rings. The number of benzene rings is 1. The molecule has 4 nitrogen and oxygen atoms in total. The van der Waals surface area contributed by atoms with Crippen molar-refractivity contribution < 1.29 is 22.9 Å². The fraction of sp³-hybridized carbons (Fsp3) is 0.286. The van der Waals surface area contributed by atoms with Crippen LogP contribution in [0.4, 0.5) is 8.78 Å². The first-order valence-electron chi connectivity index (χ1n) is 8.65. The highest BCUT2D eigenvalue weighted by atomic mass is 35.5. The molecule has 0 radical (unpaired) electrons. The summed E-state index contributed by atoms with van der Waals surface area (Å²) in [6.07, 6.45) is 2.72. The van der Waals surface area contributed by atoms with Gasteiger partial charge >= 0.3 is 0 Å². The summed E-state index contributed by atoms with van der Waals surface area (Å²) in [6, 6.07) is 6.87. The van der Waals surface area contributed by atoms with Crippen LogP contribution in [0.3, 0.4) is 0 Å². The summed E-state index contributed by atoms with van der Waals surface area (Å²) in [7, 11) is 1.43. The molecule has 0 aliphatic carbocycles. The van der Waals surface area contributed by atoms with Crippen LogP contribution in [0.15, 0.2) is 42.6 Å². The molecule has 28 heavy (non-hydrogen) atoms. The van der Waals surface area contributed by atoms with E-state index in [1.54, 1.807) is 39.1 Å². The summed E-state index contributed by atoms with van der Waals surface area (Å²) in [6.45, 7) is 5.40. The van der Waals surface area contributed by atoms with Crippen molar-refractivity contribution >= 4 is 28.9 Å². The molecule has 1 N–H and O–H groups in total. The summed E-state index contributed by atoms with van der Waals surface area (Å²) in [5.41, 5.74) is -0.0503. The van der Waals surface area contributed by atoms with Crippen LogP contribution in [0.25, 0.3) is 5.57 Å². The van der Waals surface area contributed by atoms with Crippen LogP contribution in [-0.2, 0) is 16.1 Å². The number of amides is 1. The molecule has 7 heteroatoms. The van der Waals surface area contributed by atoms with Gasteiger partial charge in [0.2, 0.25) is 18.2 Å². The summed E-state index contributed by atoms with van der Waals surface area (Å²) in [5.74, 6) is -2.62. The highest BCUT2D eigenvalue weighted by Gasteiger charge is 2.27. The lowest BCUT2D eigenvalue weighted by Gasteiger charge is -2.15. The molecule has 0 fully saturated rings. The Morgan fingerprint density at radius 1 is 1.18 bits per heavy atom. The Kier molecular flexibility index (Phi) is 6.67. The average Bonchev–Trinajstić information content (AvgIpc) is 2.63. The van der Waals surface area contributed by atoms with Gasteiger partial charge < -0.3 is 5.32 Å². The van der Waals surface area contributed by atoms with Crippen molar-refractivity contribution in [3.63, 3.8) is 0 Å². The molecule has 2 rings (SSSR count). The Morgan fingerprint density at radius 3 is 2.46 bits per heavy atom. The summed E-state index contributed by atoms with van der Waals surface area (Å²) in [4.78, 5) is 24.3. The largest absolute Gasteiger partial charge is 0.356 e. The Hall–Kier alpha value is -2.60. The van der Waals surface area contributed by atoms with Gasteiger partial charge in [-0.3, -0.25) is 9.59 Å². The van der Waals surface area contributed by atoms with Crippen LogP contribution < -0.4 is 9.88 Å². The number of halogens is 3. The molecule has 0 aliphatic rings. The highest BCUT2D eigenvalue weighted by molar-refractivity contribution is 6.28. The van der Waals surface area contributed by atoms with E-state index in [2.05, 4.69) is 5.32 Å². The Labute approximate surface area is 167 Å². The van der Waals surface area contributed by atoms with Crippen molar-refractivity contribution in [2.75, 3.05) is 7.05 Å². The van der Waals surface area contributed by atoms with E-state index in [0.29, 0.717) is 10.7 Å². The first-order valence-corrected chi connectivity index (χ1v) is 9.03. The number of likely N-dealkylation sites (N-methyl/N-ethyl adjacent to an activating group) is 1. The van der Waals surface area contributed by atoms with Crippen LogP contribution in [0.1, 0.15) is 31.9 Å². The second kappa shape index (κ2) is 8.61. The SMILES string of the molecule is CNC(=O)/C=C(\c1ccc(Cl)[n+](CC(=O)C(C)(C)C)c1)c1cccc(F)c1F. The quantitative estimate of drug-likeness (QED) is 0.467. The molecular weight excluding hydrogens is 386 g/mol. The normalized spacial score (nSPS) is 12.0. The topological polar surface area (TPSA) is 50.1 Å². The molecule has 1 aromatic heterocycles. The Morgan fingerprint density at radius 2 is 1.86 bits per heavy atom. The van der Waals surface area contributed by atoms with Gasteiger partial charge in [-0.1, -0.05) is 32.9 Å². The first kappa shape index (κ1) is 21.7. The summed E-state index contributed by atoms with van der Waals surface area (Å²) >= 11 is 6.21. The molecule has 1 aromatic carbocycles. The molecule has 0 atom stereocenters. The van der Waals surface area contributed by atoms with Gasteiger partial charge in [-0.2, -0.15) is 4.57 Å². The van der Waals surface area contributed by atoms with Gasteiger partial charge in [-0.05, 0) is 23.7 Å². The fourth-order valence-electron chi connectivity index (χ4n) is 2.43. The highest BCUT2D eigenvalue weighted by Crippen LogP contribution is 2.27. The smallest absolute Gasteiger partial charge is 0.275 e. The van der Waals surface area contributed by atoms with Crippen molar-refractivity contribution in [1.82, 2.24) is 5.32 Å².